The van der Waals surface area contributed by atoms with Crippen LogP contribution in [0.1, 0.15) is 49.5 Å². The molecule has 0 radical (unpaired) electrons. The van der Waals surface area contributed by atoms with E-state index < -0.39 is 6.10 Å². The fourth-order valence-electron chi connectivity index (χ4n) is 2.94. The molecule has 5 heteroatoms. The fourth-order valence-corrected chi connectivity index (χ4v) is 2.94. The van der Waals surface area contributed by atoms with Gasteiger partial charge in [0.1, 0.15) is 5.82 Å². The zero-order valence-corrected chi connectivity index (χ0v) is 12.1. The number of nitrogens with zero attached hydrogens (tertiary/aromatic N) is 2. The first-order valence-electron chi connectivity index (χ1n) is 7.43. The molecule has 1 fully saturated rings. The van der Waals surface area contributed by atoms with Gasteiger partial charge in [-0.1, -0.05) is 24.4 Å². The molecule has 3 rings (SSSR count). The maximum atomic E-state index is 13.5. The van der Waals surface area contributed by atoms with Gasteiger partial charge in [0.05, 0.1) is 12.0 Å². The Morgan fingerprint density at radius 1 is 1.19 bits per heavy atom. The summed E-state index contributed by atoms with van der Waals surface area (Å²) in [6.07, 6.45) is 4.39. The van der Waals surface area contributed by atoms with E-state index in [0.717, 1.165) is 37.7 Å². The summed E-state index contributed by atoms with van der Waals surface area (Å²) in [7, 11) is 0. The second-order valence-electron chi connectivity index (χ2n) is 5.79. The third-order valence-corrected chi connectivity index (χ3v) is 4.04. The zero-order chi connectivity index (χ0) is 14.8. The van der Waals surface area contributed by atoms with Gasteiger partial charge in [-0.05, 0) is 43.5 Å². The second-order valence-corrected chi connectivity index (χ2v) is 5.79. The molecule has 0 bridgehead atoms. The molecule has 0 spiro atoms. The first-order valence-corrected chi connectivity index (χ1v) is 7.43. The van der Waals surface area contributed by atoms with Crippen LogP contribution in [0.4, 0.5) is 4.39 Å². The van der Waals surface area contributed by atoms with Crippen molar-refractivity contribution < 1.29 is 14.0 Å². The van der Waals surface area contributed by atoms with Crippen LogP contribution in [0.15, 0.2) is 22.7 Å². The Bertz CT molecular complexity index is 606. The summed E-state index contributed by atoms with van der Waals surface area (Å²) in [6, 6.07) is 4.67. The Morgan fingerprint density at radius 2 is 2.00 bits per heavy atom. The number of aliphatic hydroxyl groups excluding tert-OH is 1. The summed E-state index contributed by atoms with van der Waals surface area (Å²) in [4.78, 5) is 4.37. The van der Waals surface area contributed by atoms with Crippen LogP contribution in [0.5, 0.6) is 0 Å². The van der Waals surface area contributed by atoms with Crippen LogP contribution in [0.25, 0.3) is 11.4 Å². The monoisotopic (exact) mass is 290 g/mol. The zero-order valence-electron chi connectivity index (χ0n) is 12.1. The van der Waals surface area contributed by atoms with Crippen molar-refractivity contribution in [2.24, 2.45) is 0 Å². The van der Waals surface area contributed by atoms with Crippen molar-refractivity contribution in [3.63, 3.8) is 0 Å². The van der Waals surface area contributed by atoms with Crippen molar-refractivity contribution in [3.05, 3.63) is 35.5 Å². The predicted octanol–water partition coefficient (Wildman–Crippen LogP) is 3.59. The Kier molecular flexibility index (Phi) is 4.01. The van der Waals surface area contributed by atoms with E-state index in [9.17, 15) is 9.50 Å². The lowest BCUT2D eigenvalue weighted by Crippen LogP contribution is -2.17. The average molecular weight is 290 g/mol. The minimum atomic E-state index is -0.435. The predicted molar refractivity (Wildman–Crippen MR) is 76.3 cm³/mol. The van der Waals surface area contributed by atoms with E-state index in [4.69, 9.17) is 4.52 Å². The number of aliphatic hydroxyl groups is 1. The molecule has 2 unspecified atom stereocenters. The Labute approximate surface area is 123 Å². The molecule has 2 aromatic rings. The lowest BCUT2D eigenvalue weighted by molar-refractivity contribution is 0.119. The van der Waals surface area contributed by atoms with Crippen LogP contribution in [0, 0.1) is 12.7 Å². The lowest BCUT2D eigenvalue weighted by Gasteiger charge is -2.15. The molecule has 1 heterocycles. The molecule has 1 aliphatic carbocycles. The molecule has 0 aliphatic heterocycles. The summed E-state index contributed by atoms with van der Waals surface area (Å²) in [5.41, 5.74) is 1.41. The Hall–Kier alpha value is -1.75. The van der Waals surface area contributed by atoms with Gasteiger partial charge < -0.3 is 9.63 Å². The SMILES string of the molecule is Cc1cc(F)cc(-c2noc(C3CCCCCC3O)n2)c1. The van der Waals surface area contributed by atoms with Gasteiger partial charge in [-0.25, -0.2) is 4.39 Å². The molecular weight excluding hydrogens is 271 g/mol. The van der Waals surface area contributed by atoms with Gasteiger partial charge in [0.25, 0.3) is 0 Å². The molecule has 2 atom stereocenters. The van der Waals surface area contributed by atoms with Crippen molar-refractivity contribution in [1.29, 1.82) is 0 Å². The van der Waals surface area contributed by atoms with Gasteiger partial charge in [-0.2, -0.15) is 4.98 Å². The minimum Gasteiger partial charge on any atom is -0.392 e. The Balaban J connectivity index is 1.88. The smallest absolute Gasteiger partial charge is 0.232 e. The summed E-state index contributed by atoms with van der Waals surface area (Å²) < 4.78 is 18.8. The summed E-state index contributed by atoms with van der Waals surface area (Å²) in [5.74, 6) is 0.416. The van der Waals surface area contributed by atoms with Gasteiger partial charge in [0.2, 0.25) is 11.7 Å². The van der Waals surface area contributed by atoms with Gasteiger partial charge in [0, 0.05) is 5.56 Å². The number of aryl methyl sites for hydroxylation is 1. The van der Waals surface area contributed by atoms with E-state index in [2.05, 4.69) is 10.1 Å². The highest BCUT2D eigenvalue weighted by Gasteiger charge is 2.28. The van der Waals surface area contributed by atoms with Gasteiger partial charge in [-0.15, -0.1) is 0 Å². The molecular formula is C16H19FN2O2. The molecule has 21 heavy (non-hydrogen) atoms. The lowest BCUT2D eigenvalue weighted by atomic mass is 9.97. The molecule has 1 N–H and O–H groups in total. The van der Waals surface area contributed by atoms with Crippen LogP contribution in [0.3, 0.4) is 0 Å². The van der Waals surface area contributed by atoms with Crippen LogP contribution in [-0.2, 0) is 0 Å². The van der Waals surface area contributed by atoms with E-state index in [1.807, 2.05) is 13.0 Å². The number of rotatable bonds is 2. The van der Waals surface area contributed by atoms with E-state index >= 15 is 0 Å². The molecule has 1 saturated carbocycles. The maximum Gasteiger partial charge on any atom is 0.232 e. The van der Waals surface area contributed by atoms with E-state index in [1.165, 1.54) is 12.1 Å². The standard InChI is InChI=1S/C16H19FN2O2/c1-10-7-11(9-12(17)8-10)15-18-16(21-19-15)13-5-3-2-4-6-14(13)20/h7-9,13-14,20H,2-6H2,1H3. The fraction of sp³-hybridized carbons (Fsp3) is 0.500. The van der Waals surface area contributed by atoms with Crippen molar-refractivity contribution >= 4 is 0 Å². The molecule has 1 aromatic carbocycles. The first kappa shape index (κ1) is 14.2. The molecule has 0 saturated heterocycles. The highest BCUT2D eigenvalue weighted by molar-refractivity contribution is 5.55. The van der Waals surface area contributed by atoms with E-state index in [0.29, 0.717) is 17.3 Å². The minimum absolute atomic E-state index is 0.108. The van der Waals surface area contributed by atoms with E-state index in [1.54, 1.807) is 0 Å². The quantitative estimate of drug-likeness (QED) is 0.859. The summed E-state index contributed by atoms with van der Waals surface area (Å²) in [5, 5.41) is 14.1. The molecule has 1 aliphatic rings. The second kappa shape index (κ2) is 5.93. The highest BCUT2D eigenvalue weighted by Crippen LogP contribution is 2.32. The van der Waals surface area contributed by atoms with Crippen LogP contribution < -0.4 is 0 Å². The summed E-state index contributed by atoms with van der Waals surface area (Å²) >= 11 is 0. The first-order chi connectivity index (χ1) is 10.1. The molecule has 1 aromatic heterocycles. The molecule has 0 amide bonds. The Morgan fingerprint density at radius 3 is 2.81 bits per heavy atom. The number of benzene rings is 1. The van der Waals surface area contributed by atoms with Crippen LogP contribution >= 0.6 is 0 Å². The molecule has 4 nitrogen and oxygen atoms in total. The summed E-state index contributed by atoms with van der Waals surface area (Å²) in [6.45, 7) is 1.82. The third kappa shape index (κ3) is 3.13. The number of halogens is 1. The van der Waals surface area contributed by atoms with Crippen molar-refractivity contribution in [1.82, 2.24) is 10.1 Å². The average Bonchev–Trinajstić information content (AvgIpc) is 2.81. The highest BCUT2D eigenvalue weighted by atomic mass is 19.1. The largest absolute Gasteiger partial charge is 0.392 e. The van der Waals surface area contributed by atoms with Crippen molar-refractivity contribution in [3.8, 4) is 11.4 Å². The maximum absolute atomic E-state index is 13.5. The van der Waals surface area contributed by atoms with Gasteiger partial charge in [0.15, 0.2) is 0 Å². The third-order valence-electron chi connectivity index (χ3n) is 4.04. The number of hydrogen-bond donors (Lipinski definition) is 1. The van der Waals surface area contributed by atoms with Gasteiger partial charge >= 0.3 is 0 Å². The molecule has 112 valence electrons. The van der Waals surface area contributed by atoms with Crippen LogP contribution in [-0.4, -0.2) is 21.4 Å². The normalized spacial score (nSPS) is 23.0. The topological polar surface area (TPSA) is 59.2 Å². The van der Waals surface area contributed by atoms with Crippen molar-refractivity contribution in [2.75, 3.05) is 0 Å². The van der Waals surface area contributed by atoms with Crippen molar-refractivity contribution in [2.45, 2.75) is 51.0 Å². The number of aromatic nitrogens is 2. The van der Waals surface area contributed by atoms with E-state index in [-0.39, 0.29) is 11.7 Å². The van der Waals surface area contributed by atoms with Crippen LogP contribution in [0.2, 0.25) is 0 Å². The number of hydrogen-bond acceptors (Lipinski definition) is 4. The van der Waals surface area contributed by atoms with Gasteiger partial charge in [-0.3, -0.25) is 0 Å².